The van der Waals surface area contributed by atoms with E-state index in [4.69, 9.17) is 4.42 Å². The zero-order valence-electron chi connectivity index (χ0n) is 27.4. The van der Waals surface area contributed by atoms with Crippen molar-refractivity contribution >= 4 is 28.6 Å². The van der Waals surface area contributed by atoms with Crippen LogP contribution >= 0.6 is 0 Å². The fraction of sp³-hybridized carbons (Fsp3) is 0.541. The number of hydrogen-bond donors (Lipinski definition) is 2. The van der Waals surface area contributed by atoms with Crippen molar-refractivity contribution in [1.82, 2.24) is 20.1 Å². The predicted octanol–water partition coefficient (Wildman–Crippen LogP) is 6.71. The largest absolute Gasteiger partial charge is 0.464 e. The van der Waals surface area contributed by atoms with Crippen molar-refractivity contribution in [2.24, 2.45) is 11.8 Å². The highest BCUT2D eigenvalue weighted by Gasteiger charge is 2.57. The molecule has 8 heteroatoms. The summed E-state index contributed by atoms with van der Waals surface area (Å²) in [5.41, 5.74) is 4.58. The number of rotatable bonds is 9. The van der Waals surface area contributed by atoms with Gasteiger partial charge in [-0.3, -0.25) is 14.4 Å². The van der Waals surface area contributed by atoms with E-state index in [2.05, 4.69) is 41.5 Å². The highest BCUT2D eigenvalue weighted by atomic mass is 16.3. The molecule has 0 bridgehead atoms. The monoisotopic (exact) mass is 612 g/mol. The lowest BCUT2D eigenvalue weighted by Gasteiger charge is -2.54. The van der Waals surface area contributed by atoms with E-state index in [0.717, 1.165) is 52.7 Å². The summed E-state index contributed by atoms with van der Waals surface area (Å²) >= 11 is 0. The van der Waals surface area contributed by atoms with Gasteiger partial charge in [0.15, 0.2) is 0 Å². The smallest absolute Gasteiger partial charge is 0.228 e. The van der Waals surface area contributed by atoms with Gasteiger partial charge >= 0.3 is 0 Å². The number of allylic oxidation sites excluding steroid dienone is 1. The minimum atomic E-state index is -0.867. The number of fused-ring (bicyclic) bond motifs is 5. The third-order valence-electron chi connectivity index (χ3n) is 10.4. The predicted molar refractivity (Wildman–Crippen MR) is 176 cm³/mol. The number of hydrogen-bond acceptors (Lipinski definition) is 4. The quantitative estimate of drug-likeness (QED) is 0.263. The number of aromatic amines is 1. The highest BCUT2D eigenvalue weighted by molar-refractivity contribution is 5.94. The number of piperidine rings is 1. The third-order valence-corrected chi connectivity index (χ3v) is 10.4. The summed E-state index contributed by atoms with van der Waals surface area (Å²) in [5, 5.41) is 4.18. The Bertz CT molecular complexity index is 1590. The van der Waals surface area contributed by atoms with Crippen LogP contribution in [0.1, 0.15) is 90.8 Å². The molecule has 3 atom stereocenters. The number of H-pyrrole nitrogens is 1. The van der Waals surface area contributed by atoms with Crippen LogP contribution in [0.3, 0.4) is 0 Å². The number of aromatic nitrogens is 1. The van der Waals surface area contributed by atoms with Crippen molar-refractivity contribution in [2.45, 2.75) is 104 Å². The minimum absolute atomic E-state index is 0.00430. The van der Waals surface area contributed by atoms with Crippen LogP contribution in [-0.2, 0) is 26.3 Å². The van der Waals surface area contributed by atoms with Gasteiger partial charge < -0.3 is 24.5 Å². The lowest BCUT2D eigenvalue weighted by Crippen LogP contribution is -2.65. The van der Waals surface area contributed by atoms with Crippen LogP contribution < -0.4 is 5.32 Å². The summed E-state index contributed by atoms with van der Waals surface area (Å²) in [6, 6.07) is 10.1. The van der Waals surface area contributed by atoms with Crippen molar-refractivity contribution in [3.8, 4) is 11.3 Å². The zero-order chi connectivity index (χ0) is 31.9. The molecular weight excluding hydrogens is 564 g/mol. The van der Waals surface area contributed by atoms with Gasteiger partial charge in [-0.1, -0.05) is 23.8 Å². The van der Waals surface area contributed by atoms with Crippen molar-refractivity contribution in [1.29, 1.82) is 0 Å². The molecular formula is C37H48N4O4. The molecule has 45 heavy (non-hydrogen) atoms. The SMILES string of the molecule is CC(C)N(C(=O)[C@H]1C[C@H](CC(=O)NCCC2=CCCCC2)C(=O)N2CCc3c([nH]c4cc(-c5ccco5)ccc34)[C@]12C)C(C)C. The first kappa shape index (κ1) is 31.2. The van der Waals surface area contributed by atoms with Gasteiger partial charge in [0.05, 0.1) is 17.7 Å². The molecule has 3 aliphatic rings. The minimum Gasteiger partial charge on any atom is -0.464 e. The number of nitrogens with one attached hydrogen (secondary N) is 2. The first-order chi connectivity index (χ1) is 21.6. The molecule has 1 fully saturated rings. The summed E-state index contributed by atoms with van der Waals surface area (Å²) in [7, 11) is 0. The van der Waals surface area contributed by atoms with Crippen LogP contribution in [0.4, 0.5) is 0 Å². The van der Waals surface area contributed by atoms with Crippen molar-refractivity contribution in [2.75, 3.05) is 13.1 Å². The molecule has 3 aromatic rings. The topological polar surface area (TPSA) is 98.6 Å². The van der Waals surface area contributed by atoms with Crippen molar-refractivity contribution in [3.05, 3.63) is 59.5 Å². The van der Waals surface area contributed by atoms with E-state index in [-0.39, 0.29) is 36.2 Å². The summed E-state index contributed by atoms with van der Waals surface area (Å²) in [6.07, 6.45) is 10.6. The molecule has 3 amide bonds. The van der Waals surface area contributed by atoms with Gasteiger partial charge in [-0.15, -0.1) is 0 Å². The number of carbonyl (C=O) groups is 3. The number of carbonyl (C=O) groups excluding carboxylic acids is 3. The maximum atomic E-state index is 14.6. The van der Waals surface area contributed by atoms with Crippen LogP contribution in [0.15, 0.2) is 52.7 Å². The lowest BCUT2D eigenvalue weighted by atomic mass is 9.67. The second-order valence-corrected chi connectivity index (χ2v) is 13.9. The summed E-state index contributed by atoms with van der Waals surface area (Å²) in [4.78, 5) is 49.6. The first-order valence-corrected chi connectivity index (χ1v) is 16.9. The molecule has 0 saturated carbocycles. The fourth-order valence-electron chi connectivity index (χ4n) is 8.26. The Morgan fingerprint density at radius 2 is 1.93 bits per heavy atom. The standard InChI is InChI=1S/C37H48N4O4/c1-23(2)41(24(3)4)36(44)30-20-27(22-33(42)38-17-15-25-10-7-6-8-11-25)35(43)40-18-16-29-28-14-13-26(32-12-9-19-45-32)21-31(28)39-34(29)37(30,40)5/h9-10,12-14,19,21,23-24,27,30,39H,6-8,11,15-18,20,22H2,1-5H3,(H,38,42)/t27-,30-,37+/m1/s1. The Kier molecular flexibility index (Phi) is 8.68. The lowest BCUT2D eigenvalue weighted by molar-refractivity contribution is -0.166. The van der Waals surface area contributed by atoms with Crippen LogP contribution in [0.5, 0.6) is 0 Å². The molecule has 6 rings (SSSR count). The van der Waals surface area contributed by atoms with Gasteiger partial charge in [-0.05, 0) is 103 Å². The molecule has 2 aromatic heterocycles. The molecule has 1 aromatic carbocycles. The summed E-state index contributed by atoms with van der Waals surface area (Å²) in [5.74, 6) is -0.358. The maximum absolute atomic E-state index is 14.6. The molecule has 0 spiro atoms. The number of amides is 3. The van der Waals surface area contributed by atoms with Crippen LogP contribution in [-0.4, -0.2) is 57.7 Å². The van der Waals surface area contributed by atoms with Crippen LogP contribution in [0.2, 0.25) is 0 Å². The van der Waals surface area contributed by atoms with Gasteiger partial charge in [0.25, 0.3) is 0 Å². The van der Waals surface area contributed by atoms with E-state index in [0.29, 0.717) is 25.9 Å². The Labute approximate surface area is 266 Å². The first-order valence-electron chi connectivity index (χ1n) is 16.9. The molecule has 2 aliphatic heterocycles. The summed E-state index contributed by atoms with van der Waals surface area (Å²) < 4.78 is 5.66. The Morgan fingerprint density at radius 1 is 1.13 bits per heavy atom. The highest BCUT2D eigenvalue weighted by Crippen LogP contribution is 2.50. The van der Waals surface area contributed by atoms with E-state index in [1.165, 1.54) is 18.4 Å². The molecule has 1 aliphatic carbocycles. The molecule has 0 unspecified atom stereocenters. The average molecular weight is 613 g/mol. The van der Waals surface area contributed by atoms with Crippen molar-refractivity contribution in [3.63, 3.8) is 0 Å². The van der Waals surface area contributed by atoms with E-state index >= 15 is 0 Å². The van der Waals surface area contributed by atoms with E-state index in [9.17, 15) is 14.4 Å². The van der Waals surface area contributed by atoms with Crippen LogP contribution in [0, 0.1) is 11.8 Å². The Hall–Kier alpha value is -3.81. The van der Waals surface area contributed by atoms with Gasteiger partial charge in [-0.25, -0.2) is 0 Å². The number of nitrogens with zero attached hydrogens (tertiary/aromatic N) is 2. The van der Waals surface area contributed by atoms with Crippen LogP contribution in [0.25, 0.3) is 22.2 Å². The molecule has 2 N–H and O–H groups in total. The average Bonchev–Trinajstić information content (AvgIpc) is 3.67. The maximum Gasteiger partial charge on any atom is 0.228 e. The van der Waals surface area contributed by atoms with E-state index < -0.39 is 17.4 Å². The molecule has 240 valence electrons. The molecule has 8 nitrogen and oxygen atoms in total. The second-order valence-electron chi connectivity index (χ2n) is 13.9. The summed E-state index contributed by atoms with van der Waals surface area (Å²) in [6.45, 7) is 11.3. The second kappa shape index (κ2) is 12.5. The number of benzene rings is 1. The van der Waals surface area contributed by atoms with Gasteiger partial charge in [-0.2, -0.15) is 0 Å². The van der Waals surface area contributed by atoms with Gasteiger partial charge in [0.1, 0.15) is 5.76 Å². The number of furan rings is 1. The van der Waals surface area contributed by atoms with E-state index in [1.54, 1.807) is 6.26 Å². The van der Waals surface area contributed by atoms with Gasteiger partial charge in [0, 0.05) is 59.7 Å². The zero-order valence-corrected chi connectivity index (χ0v) is 27.4. The molecule has 1 saturated heterocycles. The van der Waals surface area contributed by atoms with Gasteiger partial charge in [0.2, 0.25) is 17.7 Å². The molecule has 0 radical (unpaired) electrons. The fourth-order valence-corrected chi connectivity index (χ4v) is 8.26. The Morgan fingerprint density at radius 3 is 2.62 bits per heavy atom. The Balaban J connectivity index is 1.32. The van der Waals surface area contributed by atoms with E-state index in [1.807, 2.05) is 49.6 Å². The normalized spacial score (nSPS) is 23.2. The third kappa shape index (κ3) is 5.72. The molecule has 4 heterocycles. The van der Waals surface area contributed by atoms with Crippen molar-refractivity contribution < 1.29 is 18.8 Å².